The summed E-state index contributed by atoms with van der Waals surface area (Å²) in [6.45, 7) is 5.19. The van der Waals surface area contributed by atoms with Gasteiger partial charge in [-0.15, -0.1) is 0 Å². The van der Waals surface area contributed by atoms with Crippen LogP contribution in [0.5, 0.6) is 0 Å². The van der Waals surface area contributed by atoms with Crippen molar-refractivity contribution in [1.82, 2.24) is 14.5 Å². The largest absolute Gasteiger partial charge is 0.481 e. The van der Waals surface area contributed by atoms with E-state index in [-0.39, 0.29) is 23.7 Å². The number of hydrogen-bond acceptors (Lipinski definition) is 3. The molecule has 28 heavy (non-hydrogen) atoms. The molecule has 6 nitrogen and oxygen atoms in total. The number of imidazole rings is 1. The van der Waals surface area contributed by atoms with Crippen LogP contribution in [0.15, 0.2) is 18.2 Å². The Bertz CT molecular complexity index is 920. The van der Waals surface area contributed by atoms with Crippen molar-refractivity contribution < 1.29 is 27.9 Å². The lowest BCUT2D eigenvalue weighted by atomic mass is 9.93. The molecular formula is C19H22F3N3O3. The van der Waals surface area contributed by atoms with Gasteiger partial charge in [-0.2, -0.15) is 13.2 Å². The van der Waals surface area contributed by atoms with Crippen LogP contribution in [-0.4, -0.2) is 44.0 Å². The van der Waals surface area contributed by atoms with Crippen molar-refractivity contribution in [2.75, 3.05) is 6.54 Å². The molecule has 9 heteroatoms. The first kappa shape index (κ1) is 20.2. The normalized spacial score (nSPS) is 20.8. The van der Waals surface area contributed by atoms with Gasteiger partial charge >= 0.3 is 12.1 Å². The number of amides is 1. The summed E-state index contributed by atoms with van der Waals surface area (Å²) in [6, 6.07) is 3.69. The summed E-state index contributed by atoms with van der Waals surface area (Å²) in [4.78, 5) is 29.4. The minimum Gasteiger partial charge on any atom is -0.481 e. The summed E-state index contributed by atoms with van der Waals surface area (Å²) in [5, 5.41) is 9.24. The molecule has 0 bridgehead atoms. The number of alkyl halides is 3. The predicted octanol–water partition coefficient (Wildman–Crippen LogP) is 3.96. The van der Waals surface area contributed by atoms with Crippen molar-refractivity contribution in [3.8, 4) is 0 Å². The fourth-order valence-electron chi connectivity index (χ4n) is 3.71. The fraction of sp³-hybridized carbons (Fsp3) is 0.526. The second-order valence-corrected chi connectivity index (χ2v) is 7.52. The Kier molecular flexibility index (Phi) is 5.12. The van der Waals surface area contributed by atoms with Crippen molar-refractivity contribution in [3.63, 3.8) is 0 Å². The third-order valence-corrected chi connectivity index (χ3v) is 5.20. The van der Waals surface area contributed by atoms with Crippen LogP contribution in [0, 0.1) is 5.92 Å². The van der Waals surface area contributed by atoms with Gasteiger partial charge in [-0.05, 0) is 51.8 Å². The van der Waals surface area contributed by atoms with E-state index in [9.17, 15) is 27.9 Å². The number of halogens is 3. The first-order valence-electron chi connectivity index (χ1n) is 9.13. The topological polar surface area (TPSA) is 75.4 Å². The number of carboxylic acids is 1. The smallest absolute Gasteiger partial charge is 0.449 e. The molecule has 0 spiro atoms. The van der Waals surface area contributed by atoms with Crippen LogP contribution < -0.4 is 0 Å². The van der Waals surface area contributed by atoms with Crippen molar-refractivity contribution in [1.29, 1.82) is 0 Å². The Balaban J connectivity index is 2.00. The Morgan fingerprint density at radius 3 is 2.50 bits per heavy atom. The molecule has 1 saturated heterocycles. The minimum atomic E-state index is -4.61. The highest BCUT2D eigenvalue weighted by Crippen LogP contribution is 2.34. The number of nitrogens with zero attached hydrogens (tertiary/aromatic N) is 3. The molecule has 0 radical (unpaired) electrons. The van der Waals surface area contributed by atoms with E-state index in [0.717, 1.165) is 4.57 Å². The predicted molar refractivity (Wildman–Crippen MR) is 96.0 cm³/mol. The maximum Gasteiger partial charge on any atom is 0.449 e. The third kappa shape index (κ3) is 3.57. The number of fused-ring (bicyclic) bond motifs is 1. The molecule has 1 aliphatic heterocycles. The van der Waals surface area contributed by atoms with E-state index in [2.05, 4.69) is 4.98 Å². The van der Waals surface area contributed by atoms with Crippen LogP contribution in [0.1, 0.15) is 55.8 Å². The van der Waals surface area contributed by atoms with Crippen LogP contribution in [-0.2, 0) is 11.0 Å². The zero-order valence-electron chi connectivity index (χ0n) is 15.8. The minimum absolute atomic E-state index is 0.0849. The van der Waals surface area contributed by atoms with Gasteiger partial charge in [0.1, 0.15) is 0 Å². The van der Waals surface area contributed by atoms with Crippen LogP contribution in [0.3, 0.4) is 0 Å². The number of rotatable bonds is 3. The monoisotopic (exact) mass is 397 g/mol. The summed E-state index contributed by atoms with van der Waals surface area (Å²) in [6.07, 6.45) is -3.55. The van der Waals surface area contributed by atoms with Gasteiger partial charge in [-0.3, -0.25) is 9.59 Å². The van der Waals surface area contributed by atoms with Gasteiger partial charge in [0, 0.05) is 24.2 Å². The Morgan fingerprint density at radius 1 is 1.25 bits per heavy atom. The van der Waals surface area contributed by atoms with Gasteiger partial charge in [0.2, 0.25) is 5.82 Å². The zero-order valence-corrected chi connectivity index (χ0v) is 15.8. The summed E-state index contributed by atoms with van der Waals surface area (Å²) < 4.78 is 41.2. The van der Waals surface area contributed by atoms with Crippen LogP contribution in [0.2, 0.25) is 0 Å². The molecule has 1 aromatic carbocycles. The molecule has 2 unspecified atom stereocenters. The molecule has 2 atom stereocenters. The molecular weight excluding hydrogens is 375 g/mol. The van der Waals surface area contributed by atoms with E-state index in [1.165, 1.54) is 23.1 Å². The standard InChI is InChI=1S/C19H22F3N3O3/c1-10(2)25-15-7-6-12(8-14(15)23-18(25)19(20,21)22)16(26)24-9-13(17(27)28)5-4-11(24)3/h6-8,10-11,13H,4-5,9H2,1-3H3,(H,27,28). The SMILES string of the molecule is CC1CCC(C(=O)O)CN1C(=O)c1ccc2c(c1)nc(C(F)(F)F)n2C(C)C. The first-order chi connectivity index (χ1) is 13.0. The number of carbonyl (C=O) groups is 2. The summed E-state index contributed by atoms with van der Waals surface area (Å²) in [7, 11) is 0. The highest BCUT2D eigenvalue weighted by Gasteiger charge is 2.38. The molecule has 0 aliphatic carbocycles. The second kappa shape index (κ2) is 7.10. The summed E-state index contributed by atoms with van der Waals surface area (Å²) in [5.74, 6) is -2.99. The van der Waals surface area contributed by atoms with E-state index in [1.54, 1.807) is 13.8 Å². The lowest BCUT2D eigenvalue weighted by Crippen LogP contribution is -2.47. The second-order valence-electron chi connectivity index (χ2n) is 7.52. The van der Waals surface area contributed by atoms with Crippen LogP contribution >= 0.6 is 0 Å². The molecule has 0 saturated carbocycles. The molecule has 152 valence electrons. The van der Waals surface area contributed by atoms with Gasteiger partial charge in [-0.25, -0.2) is 4.98 Å². The van der Waals surface area contributed by atoms with E-state index in [4.69, 9.17) is 0 Å². The Labute approximate surface area is 159 Å². The van der Waals surface area contributed by atoms with Gasteiger partial charge in [0.15, 0.2) is 0 Å². The van der Waals surface area contributed by atoms with E-state index in [0.29, 0.717) is 18.4 Å². The van der Waals surface area contributed by atoms with Crippen LogP contribution in [0.25, 0.3) is 11.0 Å². The quantitative estimate of drug-likeness (QED) is 0.851. The average Bonchev–Trinajstić information content (AvgIpc) is 3.00. The van der Waals surface area contributed by atoms with Gasteiger partial charge in [0.05, 0.1) is 17.0 Å². The van der Waals surface area contributed by atoms with Crippen molar-refractivity contribution in [2.24, 2.45) is 5.92 Å². The van der Waals surface area contributed by atoms with Crippen molar-refractivity contribution >= 4 is 22.9 Å². The Hall–Kier alpha value is -2.58. The molecule has 1 fully saturated rings. The van der Waals surface area contributed by atoms with Crippen molar-refractivity contribution in [2.45, 2.75) is 51.9 Å². The van der Waals surface area contributed by atoms with E-state index < -0.39 is 35.8 Å². The number of aliphatic carboxylic acids is 1. The number of piperidine rings is 1. The fourth-order valence-corrected chi connectivity index (χ4v) is 3.71. The number of likely N-dealkylation sites (tertiary alicyclic amines) is 1. The lowest BCUT2D eigenvalue weighted by molar-refractivity contribution is -0.147. The van der Waals surface area contributed by atoms with Crippen molar-refractivity contribution in [3.05, 3.63) is 29.6 Å². The average molecular weight is 397 g/mol. The number of carboxylic acid groups (broad SMARTS) is 1. The van der Waals surface area contributed by atoms with Gasteiger partial charge < -0.3 is 14.6 Å². The number of carbonyl (C=O) groups excluding carboxylic acids is 1. The summed E-state index contributed by atoms with van der Waals surface area (Å²) in [5.41, 5.74) is 0.591. The number of aromatic nitrogens is 2. The molecule has 1 aliphatic rings. The maximum atomic E-state index is 13.4. The number of hydrogen-bond donors (Lipinski definition) is 1. The molecule has 2 aromatic rings. The highest BCUT2D eigenvalue weighted by atomic mass is 19.4. The highest BCUT2D eigenvalue weighted by molar-refractivity contribution is 5.98. The van der Waals surface area contributed by atoms with E-state index in [1.807, 2.05) is 6.92 Å². The lowest BCUT2D eigenvalue weighted by Gasteiger charge is -2.36. The van der Waals surface area contributed by atoms with Gasteiger partial charge in [-0.1, -0.05) is 0 Å². The third-order valence-electron chi connectivity index (χ3n) is 5.20. The molecule has 1 amide bonds. The van der Waals surface area contributed by atoms with Crippen LogP contribution in [0.4, 0.5) is 13.2 Å². The molecule has 3 rings (SSSR count). The molecule has 1 N–H and O–H groups in total. The maximum absolute atomic E-state index is 13.4. The van der Waals surface area contributed by atoms with Gasteiger partial charge in [0.25, 0.3) is 5.91 Å². The van der Waals surface area contributed by atoms with E-state index >= 15 is 0 Å². The zero-order chi connectivity index (χ0) is 20.8. The molecule has 2 heterocycles. The Morgan fingerprint density at radius 2 is 1.93 bits per heavy atom. The number of benzene rings is 1. The first-order valence-corrected chi connectivity index (χ1v) is 9.13. The molecule has 1 aromatic heterocycles. The summed E-state index contributed by atoms with van der Waals surface area (Å²) >= 11 is 0.